The van der Waals surface area contributed by atoms with E-state index >= 15 is 0 Å². The molecule has 2 aromatic rings. The van der Waals surface area contributed by atoms with Crippen molar-refractivity contribution in [2.45, 2.75) is 12.2 Å². The molecule has 0 saturated heterocycles. The Balaban J connectivity index is 1.77. The van der Waals surface area contributed by atoms with Crippen molar-refractivity contribution in [3.05, 3.63) is 54.3 Å². The van der Waals surface area contributed by atoms with Crippen LogP contribution in [0, 0.1) is 5.82 Å². The summed E-state index contributed by atoms with van der Waals surface area (Å²) in [5.74, 6) is 0.0220. The third-order valence-corrected chi connectivity index (χ3v) is 4.46. The van der Waals surface area contributed by atoms with Crippen LogP contribution in [0.3, 0.4) is 0 Å². The second-order valence-electron chi connectivity index (χ2n) is 5.23. The summed E-state index contributed by atoms with van der Waals surface area (Å²) in [6.45, 7) is 1.73. The van der Waals surface area contributed by atoms with Crippen molar-refractivity contribution in [2.24, 2.45) is 0 Å². The second-order valence-corrected chi connectivity index (χ2v) is 6.56. The molecule has 0 fully saturated rings. The lowest BCUT2D eigenvalue weighted by atomic mass is 10.3. The highest BCUT2D eigenvalue weighted by molar-refractivity contribution is 8.01. The van der Waals surface area contributed by atoms with Gasteiger partial charge in [-0.25, -0.2) is 4.39 Å². The zero-order valence-electron chi connectivity index (χ0n) is 13.9. The molecule has 1 atom stereocenters. The third kappa shape index (κ3) is 6.11. The molecule has 2 aromatic carbocycles. The average molecular weight is 362 g/mol. The fraction of sp³-hybridized carbons (Fsp3) is 0.222. The molecular weight excluding hydrogens is 343 g/mol. The molecule has 0 saturated carbocycles. The number of hydrogen-bond acceptors (Lipinski definition) is 4. The molecule has 2 N–H and O–H groups in total. The molecular formula is C18H19FN2O3S. The van der Waals surface area contributed by atoms with E-state index in [-0.39, 0.29) is 23.4 Å². The van der Waals surface area contributed by atoms with Gasteiger partial charge in [-0.1, -0.05) is 0 Å². The quantitative estimate of drug-likeness (QED) is 0.791. The van der Waals surface area contributed by atoms with Crippen molar-refractivity contribution in [2.75, 3.05) is 23.5 Å². The molecule has 5 nitrogen and oxygen atoms in total. The monoisotopic (exact) mass is 362 g/mol. The van der Waals surface area contributed by atoms with Crippen LogP contribution in [0.2, 0.25) is 0 Å². The van der Waals surface area contributed by atoms with Crippen molar-refractivity contribution < 1.29 is 18.7 Å². The fourth-order valence-corrected chi connectivity index (χ4v) is 2.61. The number of hydrogen-bond donors (Lipinski definition) is 2. The lowest BCUT2D eigenvalue weighted by molar-refractivity contribution is -0.115. The first-order valence-electron chi connectivity index (χ1n) is 7.60. The van der Waals surface area contributed by atoms with Gasteiger partial charge >= 0.3 is 0 Å². The molecule has 0 aliphatic carbocycles. The highest BCUT2D eigenvalue weighted by Gasteiger charge is 2.15. The highest BCUT2D eigenvalue weighted by Crippen LogP contribution is 2.18. The van der Waals surface area contributed by atoms with Gasteiger partial charge in [-0.15, -0.1) is 11.8 Å². The summed E-state index contributed by atoms with van der Waals surface area (Å²) >= 11 is 1.22. The fourth-order valence-electron chi connectivity index (χ4n) is 1.92. The summed E-state index contributed by atoms with van der Waals surface area (Å²) in [5.41, 5.74) is 1.18. The van der Waals surface area contributed by atoms with Gasteiger partial charge in [-0.05, 0) is 55.5 Å². The van der Waals surface area contributed by atoms with Crippen LogP contribution in [0.5, 0.6) is 5.75 Å². The minimum Gasteiger partial charge on any atom is -0.497 e. The van der Waals surface area contributed by atoms with Gasteiger partial charge in [-0.3, -0.25) is 9.59 Å². The summed E-state index contributed by atoms with van der Waals surface area (Å²) in [5, 5.41) is 5.04. The number of nitrogens with one attached hydrogen (secondary N) is 2. The van der Waals surface area contributed by atoms with Gasteiger partial charge in [0.05, 0.1) is 18.1 Å². The minimum absolute atomic E-state index is 0.120. The van der Waals surface area contributed by atoms with Crippen LogP contribution in [-0.4, -0.2) is 29.9 Å². The van der Waals surface area contributed by atoms with Crippen LogP contribution >= 0.6 is 11.8 Å². The Bertz CT molecular complexity index is 720. The van der Waals surface area contributed by atoms with E-state index in [0.717, 1.165) is 0 Å². The number of ether oxygens (including phenoxy) is 1. The van der Waals surface area contributed by atoms with E-state index in [0.29, 0.717) is 17.1 Å². The zero-order chi connectivity index (χ0) is 18.2. The second kappa shape index (κ2) is 9.08. The molecule has 0 radical (unpaired) electrons. The van der Waals surface area contributed by atoms with E-state index in [1.165, 1.54) is 36.0 Å². The van der Waals surface area contributed by atoms with Crippen LogP contribution in [0.25, 0.3) is 0 Å². The summed E-state index contributed by atoms with van der Waals surface area (Å²) in [6.07, 6.45) is 0. The van der Waals surface area contributed by atoms with E-state index in [9.17, 15) is 14.0 Å². The predicted molar refractivity (Wildman–Crippen MR) is 98.6 cm³/mol. The number of halogens is 1. The van der Waals surface area contributed by atoms with Crippen molar-refractivity contribution in [1.29, 1.82) is 0 Å². The molecule has 25 heavy (non-hydrogen) atoms. The molecule has 0 heterocycles. The van der Waals surface area contributed by atoms with Crippen molar-refractivity contribution >= 4 is 35.0 Å². The predicted octanol–water partition coefficient (Wildman–Crippen LogP) is 3.53. The SMILES string of the molecule is COc1ccc(NC(=O)[C@@H](C)SCC(=O)Nc2ccc(F)cc2)cc1. The number of carbonyl (C=O) groups is 2. The van der Waals surface area contributed by atoms with E-state index in [2.05, 4.69) is 10.6 Å². The van der Waals surface area contributed by atoms with Gasteiger partial charge in [0.25, 0.3) is 0 Å². The van der Waals surface area contributed by atoms with E-state index in [4.69, 9.17) is 4.74 Å². The number of methoxy groups -OCH3 is 1. The Morgan fingerprint density at radius 1 is 1.04 bits per heavy atom. The average Bonchev–Trinajstić information content (AvgIpc) is 2.62. The number of thioether (sulfide) groups is 1. The molecule has 132 valence electrons. The van der Waals surface area contributed by atoms with Crippen LogP contribution in [-0.2, 0) is 9.59 Å². The van der Waals surface area contributed by atoms with Gasteiger partial charge in [0.1, 0.15) is 11.6 Å². The van der Waals surface area contributed by atoms with Crippen molar-refractivity contribution in [1.82, 2.24) is 0 Å². The Hall–Kier alpha value is -2.54. The molecule has 7 heteroatoms. The summed E-state index contributed by atoms with van der Waals surface area (Å²) in [6, 6.07) is 12.5. The Morgan fingerprint density at radius 3 is 2.20 bits per heavy atom. The number of amides is 2. The van der Waals surface area contributed by atoms with Gasteiger partial charge in [-0.2, -0.15) is 0 Å². The molecule has 0 unspecified atom stereocenters. The number of carbonyl (C=O) groups excluding carboxylic acids is 2. The van der Waals surface area contributed by atoms with E-state index < -0.39 is 5.25 Å². The maximum atomic E-state index is 12.8. The topological polar surface area (TPSA) is 67.4 Å². The molecule has 2 rings (SSSR count). The summed E-state index contributed by atoms with van der Waals surface area (Å²) < 4.78 is 17.9. The standard InChI is InChI=1S/C18H19FN2O3S/c1-12(18(23)21-15-7-9-16(24-2)10-8-15)25-11-17(22)20-14-5-3-13(19)4-6-14/h3-10,12H,11H2,1-2H3,(H,20,22)(H,21,23)/t12-/m1/s1. The minimum atomic E-state index is -0.402. The van der Waals surface area contributed by atoms with Gasteiger partial charge in [0.15, 0.2) is 0 Å². The number of anilines is 2. The molecule has 0 aromatic heterocycles. The van der Waals surface area contributed by atoms with Crippen LogP contribution in [0.15, 0.2) is 48.5 Å². The Morgan fingerprint density at radius 2 is 1.60 bits per heavy atom. The first-order chi connectivity index (χ1) is 12.0. The summed E-state index contributed by atoms with van der Waals surface area (Å²) in [7, 11) is 1.57. The molecule has 0 spiro atoms. The Labute approximate surface area is 150 Å². The lowest BCUT2D eigenvalue weighted by Crippen LogP contribution is -2.25. The van der Waals surface area contributed by atoms with Crippen LogP contribution < -0.4 is 15.4 Å². The highest BCUT2D eigenvalue weighted by atomic mass is 32.2. The summed E-state index contributed by atoms with van der Waals surface area (Å²) in [4.78, 5) is 24.0. The van der Waals surface area contributed by atoms with Crippen molar-refractivity contribution in [3.8, 4) is 5.75 Å². The van der Waals surface area contributed by atoms with Gasteiger partial charge in [0.2, 0.25) is 11.8 Å². The smallest absolute Gasteiger partial charge is 0.237 e. The van der Waals surface area contributed by atoms with E-state index in [1.807, 2.05) is 0 Å². The molecule has 0 aliphatic heterocycles. The number of benzene rings is 2. The third-order valence-electron chi connectivity index (χ3n) is 3.32. The number of rotatable bonds is 7. The largest absolute Gasteiger partial charge is 0.497 e. The molecule has 0 bridgehead atoms. The molecule has 2 amide bonds. The first kappa shape index (κ1) is 18.8. The maximum absolute atomic E-state index is 12.8. The van der Waals surface area contributed by atoms with Gasteiger partial charge < -0.3 is 15.4 Å². The van der Waals surface area contributed by atoms with Crippen LogP contribution in [0.1, 0.15) is 6.92 Å². The zero-order valence-corrected chi connectivity index (χ0v) is 14.7. The van der Waals surface area contributed by atoms with E-state index in [1.54, 1.807) is 38.3 Å². The molecule has 0 aliphatic rings. The normalized spacial score (nSPS) is 11.5. The maximum Gasteiger partial charge on any atom is 0.237 e. The van der Waals surface area contributed by atoms with Gasteiger partial charge in [0, 0.05) is 11.4 Å². The van der Waals surface area contributed by atoms with Crippen LogP contribution in [0.4, 0.5) is 15.8 Å². The lowest BCUT2D eigenvalue weighted by Gasteiger charge is -2.12. The van der Waals surface area contributed by atoms with Crippen molar-refractivity contribution in [3.63, 3.8) is 0 Å². The first-order valence-corrected chi connectivity index (χ1v) is 8.65. The Kier molecular flexibility index (Phi) is 6.82.